The fourth-order valence-electron chi connectivity index (χ4n) is 1.84. The molecule has 1 aliphatic carbocycles. The predicted molar refractivity (Wildman–Crippen MR) is 64.0 cm³/mol. The predicted octanol–water partition coefficient (Wildman–Crippen LogP) is 2.55. The molecule has 0 aromatic heterocycles. The second kappa shape index (κ2) is 4.78. The number of benzene rings is 1. The highest BCUT2D eigenvalue weighted by Crippen LogP contribution is 2.26. The molecular formula is C14H12O3. The summed E-state index contributed by atoms with van der Waals surface area (Å²) in [4.78, 5) is 21.2. The molecule has 2 rings (SSSR count). The summed E-state index contributed by atoms with van der Waals surface area (Å²) in [5.74, 6) is -0.694. The standard InChI is InChI=1S/C14H12O3/c15-9-10-1-3-11(4-2-10)12-5-7-13(8-6-12)14(16)17/h1-3,5-9,11H,4H2,(H,16,17). The van der Waals surface area contributed by atoms with E-state index >= 15 is 0 Å². The topological polar surface area (TPSA) is 54.4 Å². The molecule has 1 unspecified atom stereocenters. The molecule has 1 aromatic rings. The maximum atomic E-state index is 10.7. The van der Waals surface area contributed by atoms with Gasteiger partial charge in [0.2, 0.25) is 0 Å². The Morgan fingerprint density at radius 2 is 2.00 bits per heavy atom. The summed E-state index contributed by atoms with van der Waals surface area (Å²) in [5, 5.41) is 8.79. The van der Waals surface area contributed by atoms with E-state index < -0.39 is 5.97 Å². The Bertz CT molecular complexity index is 495. The van der Waals surface area contributed by atoms with Crippen molar-refractivity contribution in [3.05, 3.63) is 59.2 Å². The van der Waals surface area contributed by atoms with E-state index in [-0.39, 0.29) is 11.5 Å². The molecule has 0 heterocycles. The van der Waals surface area contributed by atoms with E-state index in [1.165, 1.54) is 0 Å². The number of allylic oxidation sites excluding steroid dienone is 4. The number of carbonyl (C=O) groups excluding carboxylic acids is 1. The zero-order valence-electron chi connectivity index (χ0n) is 9.17. The number of aldehydes is 1. The van der Waals surface area contributed by atoms with Crippen molar-refractivity contribution >= 4 is 12.3 Å². The Morgan fingerprint density at radius 3 is 2.47 bits per heavy atom. The molecule has 0 amide bonds. The molecule has 17 heavy (non-hydrogen) atoms. The molecule has 1 atom stereocenters. The highest BCUT2D eigenvalue weighted by atomic mass is 16.4. The van der Waals surface area contributed by atoms with Gasteiger partial charge in [0.15, 0.2) is 0 Å². The molecule has 0 spiro atoms. The summed E-state index contributed by atoms with van der Waals surface area (Å²) < 4.78 is 0. The van der Waals surface area contributed by atoms with Gasteiger partial charge in [-0.25, -0.2) is 4.79 Å². The van der Waals surface area contributed by atoms with Crippen molar-refractivity contribution in [2.24, 2.45) is 0 Å². The lowest BCUT2D eigenvalue weighted by atomic mass is 9.90. The van der Waals surface area contributed by atoms with Gasteiger partial charge in [-0.3, -0.25) is 4.79 Å². The first-order chi connectivity index (χ1) is 8.20. The molecule has 1 N–H and O–H groups in total. The van der Waals surface area contributed by atoms with Crippen LogP contribution in [0.5, 0.6) is 0 Å². The lowest BCUT2D eigenvalue weighted by Gasteiger charge is -2.14. The molecule has 1 aromatic carbocycles. The number of carboxylic acid groups (broad SMARTS) is 1. The maximum absolute atomic E-state index is 10.7. The second-order valence-electron chi connectivity index (χ2n) is 3.95. The molecule has 0 aliphatic heterocycles. The van der Waals surface area contributed by atoms with E-state index in [9.17, 15) is 9.59 Å². The Balaban J connectivity index is 2.15. The van der Waals surface area contributed by atoms with Crippen LogP contribution in [0.3, 0.4) is 0 Å². The van der Waals surface area contributed by atoms with Crippen LogP contribution in [0.1, 0.15) is 28.3 Å². The highest BCUT2D eigenvalue weighted by molar-refractivity contribution is 5.87. The van der Waals surface area contributed by atoms with E-state index in [4.69, 9.17) is 5.11 Å². The Labute approximate surface area is 99.1 Å². The van der Waals surface area contributed by atoms with Crippen molar-refractivity contribution in [2.45, 2.75) is 12.3 Å². The number of aromatic carboxylic acids is 1. The van der Waals surface area contributed by atoms with Crippen molar-refractivity contribution < 1.29 is 14.7 Å². The first-order valence-corrected chi connectivity index (χ1v) is 5.37. The zero-order valence-corrected chi connectivity index (χ0v) is 9.17. The molecular weight excluding hydrogens is 216 g/mol. The summed E-state index contributed by atoms with van der Waals surface area (Å²) in [6.07, 6.45) is 7.27. The SMILES string of the molecule is O=CC1=CCC(c2ccc(C(=O)O)cc2)C=C1. The Kier molecular flexibility index (Phi) is 3.19. The number of carbonyl (C=O) groups is 2. The van der Waals surface area contributed by atoms with E-state index in [1.807, 2.05) is 24.3 Å². The molecule has 0 saturated heterocycles. The normalized spacial score (nSPS) is 18.6. The third kappa shape index (κ3) is 2.50. The Morgan fingerprint density at radius 1 is 1.29 bits per heavy atom. The van der Waals surface area contributed by atoms with Gasteiger partial charge in [-0.15, -0.1) is 0 Å². The smallest absolute Gasteiger partial charge is 0.335 e. The summed E-state index contributed by atoms with van der Waals surface area (Å²) in [7, 11) is 0. The van der Waals surface area contributed by atoms with Gasteiger partial charge in [-0.1, -0.05) is 30.4 Å². The minimum Gasteiger partial charge on any atom is -0.478 e. The number of hydrogen-bond donors (Lipinski definition) is 1. The van der Waals surface area contributed by atoms with Gasteiger partial charge in [0, 0.05) is 11.5 Å². The van der Waals surface area contributed by atoms with Crippen LogP contribution in [0.4, 0.5) is 0 Å². The van der Waals surface area contributed by atoms with Gasteiger partial charge >= 0.3 is 5.97 Å². The summed E-state index contributed by atoms with van der Waals surface area (Å²) in [6, 6.07) is 6.84. The monoisotopic (exact) mass is 228 g/mol. The van der Waals surface area contributed by atoms with Gasteiger partial charge in [0.1, 0.15) is 6.29 Å². The number of rotatable bonds is 3. The van der Waals surface area contributed by atoms with Crippen LogP contribution in [0.25, 0.3) is 0 Å². The zero-order chi connectivity index (χ0) is 12.3. The molecule has 3 nitrogen and oxygen atoms in total. The van der Waals surface area contributed by atoms with Crippen LogP contribution in [0.15, 0.2) is 48.1 Å². The third-order valence-electron chi connectivity index (χ3n) is 2.85. The minimum absolute atomic E-state index is 0.224. The maximum Gasteiger partial charge on any atom is 0.335 e. The summed E-state index contributed by atoms with van der Waals surface area (Å²) >= 11 is 0. The summed E-state index contributed by atoms with van der Waals surface area (Å²) in [5.41, 5.74) is 2.05. The van der Waals surface area contributed by atoms with Crippen LogP contribution in [-0.4, -0.2) is 17.4 Å². The van der Waals surface area contributed by atoms with Crippen molar-refractivity contribution in [3.63, 3.8) is 0 Å². The first-order valence-electron chi connectivity index (χ1n) is 5.37. The lowest BCUT2D eigenvalue weighted by Crippen LogP contribution is -2.01. The fraction of sp³-hybridized carbons (Fsp3) is 0.143. The molecule has 3 heteroatoms. The van der Waals surface area contributed by atoms with Crippen molar-refractivity contribution in [3.8, 4) is 0 Å². The van der Waals surface area contributed by atoms with Crippen LogP contribution >= 0.6 is 0 Å². The number of hydrogen-bond acceptors (Lipinski definition) is 2. The van der Waals surface area contributed by atoms with E-state index in [1.54, 1.807) is 18.2 Å². The lowest BCUT2D eigenvalue weighted by molar-refractivity contribution is -0.104. The fourth-order valence-corrected chi connectivity index (χ4v) is 1.84. The molecule has 0 saturated carbocycles. The van der Waals surface area contributed by atoms with Crippen molar-refractivity contribution in [1.29, 1.82) is 0 Å². The third-order valence-corrected chi connectivity index (χ3v) is 2.85. The number of carboxylic acids is 1. The average Bonchev–Trinajstić information content (AvgIpc) is 2.39. The largest absolute Gasteiger partial charge is 0.478 e. The molecule has 0 fully saturated rings. The average molecular weight is 228 g/mol. The van der Waals surface area contributed by atoms with Gasteiger partial charge in [0.05, 0.1) is 5.56 Å². The molecule has 0 bridgehead atoms. The first kappa shape index (κ1) is 11.3. The van der Waals surface area contributed by atoms with Gasteiger partial charge in [0.25, 0.3) is 0 Å². The van der Waals surface area contributed by atoms with Crippen LogP contribution in [-0.2, 0) is 4.79 Å². The minimum atomic E-state index is -0.918. The van der Waals surface area contributed by atoms with Crippen LogP contribution in [0.2, 0.25) is 0 Å². The van der Waals surface area contributed by atoms with E-state index in [0.29, 0.717) is 5.57 Å². The molecule has 0 radical (unpaired) electrons. The van der Waals surface area contributed by atoms with Crippen LogP contribution < -0.4 is 0 Å². The molecule has 1 aliphatic rings. The quantitative estimate of drug-likeness (QED) is 0.809. The molecule has 86 valence electrons. The van der Waals surface area contributed by atoms with Gasteiger partial charge in [-0.2, -0.15) is 0 Å². The summed E-state index contributed by atoms with van der Waals surface area (Å²) in [6.45, 7) is 0. The van der Waals surface area contributed by atoms with Crippen molar-refractivity contribution in [1.82, 2.24) is 0 Å². The van der Waals surface area contributed by atoms with Gasteiger partial charge < -0.3 is 5.11 Å². The second-order valence-corrected chi connectivity index (χ2v) is 3.95. The Hall–Kier alpha value is -2.16. The van der Waals surface area contributed by atoms with E-state index in [2.05, 4.69) is 0 Å². The van der Waals surface area contributed by atoms with Crippen molar-refractivity contribution in [2.75, 3.05) is 0 Å². The van der Waals surface area contributed by atoms with Gasteiger partial charge in [-0.05, 0) is 24.1 Å². The highest BCUT2D eigenvalue weighted by Gasteiger charge is 2.11. The van der Waals surface area contributed by atoms with E-state index in [0.717, 1.165) is 18.3 Å². The van der Waals surface area contributed by atoms with Crippen LogP contribution in [0, 0.1) is 0 Å².